The van der Waals surface area contributed by atoms with Crippen molar-refractivity contribution in [2.75, 3.05) is 7.11 Å². The van der Waals surface area contributed by atoms with Crippen molar-refractivity contribution in [2.45, 2.75) is 39.3 Å². The van der Waals surface area contributed by atoms with Gasteiger partial charge in [0, 0.05) is 17.9 Å². The van der Waals surface area contributed by atoms with Crippen molar-refractivity contribution in [1.29, 1.82) is 0 Å². The van der Waals surface area contributed by atoms with Crippen LogP contribution in [0.5, 0.6) is 11.5 Å². The van der Waals surface area contributed by atoms with Gasteiger partial charge in [-0.3, -0.25) is 4.79 Å². The number of hydrogen-bond donors (Lipinski definition) is 1. The van der Waals surface area contributed by atoms with Crippen LogP contribution in [0.15, 0.2) is 66.9 Å². The normalized spacial score (nSPS) is 12.9. The van der Waals surface area contributed by atoms with E-state index in [0.717, 1.165) is 0 Å². The second kappa shape index (κ2) is 10.9. The second-order valence-corrected chi connectivity index (χ2v) is 8.33. The summed E-state index contributed by atoms with van der Waals surface area (Å²) >= 11 is 0. The lowest BCUT2D eigenvalue weighted by atomic mass is 10.0. The quantitative estimate of drug-likeness (QED) is 0.282. The first-order valence-corrected chi connectivity index (χ1v) is 11.0. The molecule has 6 nitrogen and oxygen atoms in total. The van der Waals surface area contributed by atoms with Crippen LogP contribution in [-0.4, -0.2) is 34.8 Å². The van der Waals surface area contributed by atoms with Crippen LogP contribution in [0.3, 0.4) is 0 Å². The summed E-state index contributed by atoms with van der Waals surface area (Å²) < 4.78 is 67.6. The Hall–Kier alpha value is -4.08. The predicted molar refractivity (Wildman–Crippen MR) is 132 cm³/mol. The number of fused-ring (bicyclic) bond motifs is 1. The molecule has 4 aromatic rings. The summed E-state index contributed by atoms with van der Waals surface area (Å²) in [6, 6.07) is 13.6. The number of carbonyl (C=O) groups excluding carboxylic acids is 1. The molecule has 2 atom stereocenters. The van der Waals surface area contributed by atoms with Crippen molar-refractivity contribution >= 4 is 16.8 Å². The average Bonchev–Trinajstić information content (AvgIpc) is 3.25. The van der Waals surface area contributed by atoms with Crippen molar-refractivity contribution in [3.8, 4) is 17.2 Å². The number of ether oxygens (including phenoxy) is 2. The third kappa shape index (κ3) is 6.02. The van der Waals surface area contributed by atoms with E-state index in [2.05, 4.69) is 10.4 Å². The van der Waals surface area contributed by atoms with Gasteiger partial charge in [0.15, 0.2) is 0 Å². The van der Waals surface area contributed by atoms with E-state index >= 15 is 0 Å². The van der Waals surface area contributed by atoms with Crippen LogP contribution in [0.1, 0.15) is 32.9 Å². The predicted octanol–water partition coefficient (Wildman–Crippen LogP) is 6.23. The number of hydrogen-bond acceptors (Lipinski definition) is 4. The highest BCUT2D eigenvalue weighted by atomic mass is 19.3. The Balaban J connectivity index is 0.00000380. The van der Waals surface area contributed by atoms with Crippen LogP contribution in [0, 0.1) is 11.6 Å². The Labute approximate surface area is 211 Å². The zero-order valence-corrected chi connectivity index (χ0v) is 19.6. The Kier molecular flexibility index (Phi) is 8.10. The molecule has 0 saturated carbocycles. The Morgan fingerprint density at radius 3 is 2.35 bits per heavy atom. The molecule has 1 aromatic heterocycles. The van der Waals surface area contributed by atoms with Crippen LogP contribution >= 0.6 is 0 Å². The fraction of sp³-hybridized carbons (Fsp3) is 0.259. The van der Waals surface area contributed by atoms with Gasteiger partial charge in [-0.2, -0.15) is 13.9 Å². The molecule has 1 N–H and O–H groups in total. The van der Waals surface area contributed by atoms with Crippen LogP contribution in [0.2, 0.25) is 0 Å². The minimum atomic E-state index is -3.61. The van der Waals surface area contributed by atoms with E-state index in [-0.39, 0.29) is 24.6 Å². The zero-order valence-electron chi connectivity index (χ0n) is 19.6. The standard InChI is InChI=1S/C26H23F4N3O3.CH4/c1-15(32-25(34)26(2,29)30)24(21-13-18(28)6-11-23(21)35-3)36-20-9-10-22-16(12-20)14-31-33(22)19-7-4-17(27)5-8-19;/h4-15,24H,1-3H3,(H,32,34);1H4/t15-,24-;/m0./s1. The van der Waals surface area contributed by atoms with Crippen LogP contribution in [-0.2, 0) is 4.79 Å². The summed E-state index contributed by atoms with van der Waals surface area (Å²) in [5, 5.41) is 7.26. The van der Waals surface area contributed by atoms with Gasteiger partial charge < -0.3 is 14.8 Å². The molecule has 196 valence electrons. The number of nitrogens with one attached hydrogen (secondary N) is 1. The van der Waals surface area contributed by atoms with Crippen molar-refractivity contribution in [1.82, 2.24) is 15.1 Å². The number of methoxy groups -OCH3 is 1. The molecule has 0 saturated heterocycles. The molecule has 0 radical (unpaired) electrons. The van der Waals surface area contributed by atoms with Gasteiger partial charge in [-0.15, -0.1) is 0 Å². The van der Waals surface area contributed by atoms with Gasteiger partial charge in [0.2, 0.25) is 0 Å². The van der Waals surface area contributed by atoms with Crippen LogP contribution in [0.4, 0.5) is 17.6 Å². The number of amides is 1. The third-order valence-corrected chi connectivity index (χ3v) is 5.58. The van der Waals surface area contributed by atoms with E-state index in [1.165, 1.54) is 44.4 Å². The minimum Gasteiger partial charge on any atom is -0.496 e. The maximum absolute atomic E-state index is 14.1. The highest BCUT2D eigenvalue weighted by Gasteiger charge is 2.36. The number of aromatic nitrogens is 2. The number of rotatable bonds is 8. The summed E-state index contributed by atoms with van der Waals surface area (Å²) in [5.41, 5.74) is 1.59. The van der Waals surface area contributed by atoms with E-state index in [4.69, 9.17) is 9.47 Å². The first kappa shape index (κ1) is 27.5. The number of halogens is 4. The first-order chi connectivity index (χ1) is 17.1. The summed E-state index contributed by atoms with van der Waals surface area (Å²) in [7, 11) is 1.38. The Morgan fingerprint density at radius 2 is 1.70 bits per heavy atom. The topological polar surface area (TPSA) is 65.4 Å². The lowest BCUT2D eigenvalue weighted by Gasteiger charge is -2.28. The number of carbonyl (C=O) groups is 1. The van der Waals surface area contributed by atoms with Crippen molar-refractivity contribution in [2.24, 2.45) is 0 Å². The molecule has 0 fully saturated rings. The number of benzene rings is 3. The number of alkyl halides is 2. The Morgan fingerprint density at radius 1 is 1.03 bits per heavy atom. The molecule has 0 aliphatic heterocycles. The molecule has 10 heteroatoms. The van der Waals surface area contributed by atoms with E-state index in [1.807, 2.05) is 0 Å². The molecule has 1 heterocycles. The SMILES string of the molecule is C.COc1ccc(F)cc1[C@@H](Oc1ccc2c(cnn2-c2ccc(F)cc2)c1)[C@H](C)NC(=O)C(C)(F)F. The monoisotopic (exact) mass is 517 g/mol. The summed E-state index contributed by atoms with van der Waals surface area (Å²) in [6.07, 6.45) is 0.512. The van der Waals surface area contributed by atoms with Gasteiger partial charge in [0.1, 0.15) is 29.2 Å². The lowest BCUT2D eigenvalue weighted by Crippen LogP contribution is -2.46. The largest absolute Gasteiger partial charge is 0.496 e. The maximum atomic E-state index is 14.1. The second-order valence-electron chi connectivity index (χ2n) is 8.33. The van der Waals surface area contributed by atoms with E-state index in [0.29, 0.717) is 29.3 Å². The first-order valence-electron chi connectivity index (χ1n) is 11.0. The van der Waals surface area contributed by atoms with E-state index < -0.39 is 29.8 Å². The van der Waals surface area contributed by atoms with E-state index in [1.54, 1.807) is 41.2 Å². The lowest BCUT2D eigenvalue weighted by molar-refractivity contribution is -0.144. The summed E-state index contributed by atoms with van der Waals surface area (Å²) in [4.78, 5) is 12.0. The van der Waals surface area contributed by atoms with Gasteiger partial charge in [0.25, 0.3) is 5.91 Å². The maximum Gasteiger partial charge on any atom is 0.321 e. The van der Waals surface area contributed by atoms with Gasteiger partial charge in [-0.1, -0.05) is 7.43 Å². The molecule has 1 amide bonds. The summed E-state index contributed by atoms with van der Waals surface area (Å²) in [6.45, 7) is 1.96. The van der Waals surface area contributed by atoms with Gasteiger partial charge >= 0.3 is 5.92 Å². The smallest absolute Gasteiger partial charge is 0.321 e. The molecular formula is C27H27F4N3O3. The molecule has 4 rings (SSSR count). The van der Waals surface area contributed by atoms with Gasteiger partial charge in [-0.25, -0.2) is 13.5 Å². The highest BCUT2D eigenvalue weighted by molar-refractivity contribution is 5.83. The van der Waals surface area contributed by atoms with Crippen molar-refractivity contribution < 1.29 is 31.8 Å². The molecule has 0 aliphatic rings. The molecular weight excluding hydrogens is 490 g/mol. The fourth-order valence-corrected chi connectivity index (χ4v) is 3.79. The van der Waals surface area contributed by atoms with Crippen LogP contribution < -0.4 is 14.8 Å². The molecule has 0 unspecified atom stereocenters. The molecule has 0 bridgehead atoms. The average molecular weight is 518 g/mol. The fourth-order valence-electron chi connectivity index (χ4n) is 3.79. The van der Waals surface area contributed by atoms with Crippen molar-refractivity contribution in [3.05, 3.63) is 84.1 Å². The third-order valence-electron chi connectivity index (χ3n) is 5.58. The molecule has 3 aromatic carbocycles. The summed E-state index contributed by atoms with van der Waals surface area (Å²) in [5.74, 6) is -5.48. The van der Waals surface area contributed by atoms with Gasteiger partial charge in [-0.05, 0) is 67.6 Å². The molecule has 0 aliphatic carbocycles. The van der Waals surface area contributed by atoms with E-state index in [9.17, 15) is 22.4 Å². The molecule has 37 heavy (non-hydrogen) atoms. The zero-order chi connectivity index (χ0) is 26.0. The Bertz CT molecular complexity index is 1380. The van der Waals surface area contributed by atoms with Gasteiger partial charge in [0.05, 0.1) is 30.6 Å². The minimum absolute atomic E-state index is 0. The molecule has 0 spiro atoms. The number of nitrogens with zero attached hydrogens (tertiary/aromatic N) is 2. The van der Waals surface area contributed by atoms with Crippen molar-refractivity contribution in [3.63, 3.8) is 0 Å². The van der Waals surface area contributed by atoms with Crippen LogP contribution in [0.25, 0.3) is 16.6 Å². The highest BCUT2D eigenvalue weighted by Crippen LogP contribution is 2.34.